The predicted octanol–water partition coefficient (Wildman–Crippen LogP) is 3.06. The Bertz CT molecular complexity index is 989. The van der Waals surface area contributed by atoms with E-state index in [1.54, 1.807) is 13.0 Å². The van der Waals surface area contributed by atoms with Crippen molar-refractivity contribution in [1.82, 2.24) is 4.31 Å². The van der Waals surface area contributed by atoms with Gasteiger partial charge in [0.05, 0.1) is 20.4 Å². The summed E-state index contributed by atoms with van der Waals surface area (Å²) in [7, 11) is -0.878. The van der Waals surface area contributed by atoms with Crippen molar-refractivity contribution in [3.05, 3.63) is 62.7 Å². The second kappa shape index (κ2) is 7.40. The van der Waals surface area contributed by atoms with Gasteiger partial charge in [0.25, 0.3) is 11.6 Å². The van der Waals surface area contributed by atoms with Gasteiger partial charge in [-0.2, -0.15) is 0 Å². The van der Waals surface area contributed by atoms with E-state index in [1.165, 1.54) is 38.4 Å². The number of hydrogen-bond donors (Lipinski definition) is 1. The molecule has 0 spiro atoms. The van der Waals surface area contributed by atoms with Crippen LogP contribution >= 0.6 is 11.6 Å². The van der Waals surface area contributed by atoms with Crippen molar-refractivity contribution in [2.45, 2.75) is 11.8 Å². The highest BCUT2D eigenvalue weighted by atomic mass is 35.5. The molecule has 0 radical (unpaired) electrons. The van der Waals surface area contributed by atoms with Crippen LogP contribution in [0.3, 0.4) is 0 Å². The minimum absolute atomic E-state index is 0.00791. The van der Waals surface area contributed by atoms with E-state index in [1.807, 2.05) is 0 Å². The van der Waals surface area contributed by atoms with E-state index in [4.69, 9.17) is 11.6 Å². The van der Waals surface area contributed by atoms with Crippen molar-refractivity contribution < 1.29 is 18.1 Å². The van der Waals surface area contributed by atoms with Gasteiger partial charge >= 0.3 is 0 Å². The van der Waals surface area contributed by atoms with Crippen LogP contribution < -0.4 is 5.32 Å². The molecule has 0 aliphatic heterocycles. The molecular formula is C16H16ClN3O5S. The Morgan fingerprint density at radius 2 is 1.85 bits per heavy atom. The highest BCUT2D eigenvalue weighted by molar-refractivity contribution is 7.89. The van der Waals surface area contributed by atoms with Crippen LogP contribution in [-0.4, -0.2) is 37.6 Å². The first-order valence-electron chi connectivity index (χ1n) is 7.32. The lowest BCUT2D eigenvalue weighted by Gasteiger charge is -2.14. The fraction of sp³-hybridized carbons (Fsp3) is 0.188. The Morgan fingerprint density at radius 3 is 2.42 bits per heavy atom. The largest absolute Gasteiger partial charge is 0.322 e. The van der Waals surface area contributed by atoms with Crippen molar-refractivity contribution in [1.29, 1.82) is 0 Å². The number of nitrogens with zero attached hydrogens (tertiary/aromatic N) is 2. The zero-order valence-electron chi connectivity index (χ0n) is 14.2. The van der Waals surface area contributed by atoms with E-state index in [-0.39, 0.29) is 26.9 Å². The Hall–Kier alpha value is -2.49. The fourth-order valence-electron chi connectivity index (χ4n) is 2.10. The number of aryl methyl sites for hydroxylation is 1. The predicted molar refractivity (Wildman–Crippen MR) is 98.1 cm³/mol. The highest BCUT2D eigenvalue weighted by Gasteiger charge is 2.20. The first kappa shape index (κ1) is 19.8. The molecule has 0 fully saturated rings. The van der Waals surface area contributed by atoms with Gasteiger partial charge in [-0.25, -0.2) is 12.7 Å². The molecule has 1 amide bonds. The third kappa shape index (κ3) is 4.01. The lowest BCUT2D eigenvalue weighted by atomic mass is 10.1. The van der Waals surface area contributed by atoms with Crippen LogP contribution in [0.5, 0.6) is 0 Å². The summed E-state index contributed by atoms with van der Waals surface area (Å²) in [5.74, 6) is -0.679. The van der Waals surface area contributed by atoms with E-state index < -0.39 is 20.9 Å². The molecule has 138 valence electrons. The third-order valence-corrected chi connectivity index (χ3v) is 5.78. The molecule has 1 N–H and O–H groups in total. The van der Waals surface area contributed by atoms with Crippen molar-refractivity contribution in [2.75, 3.05) is 19.4 Å². The lowest BCUT2D eigenvalue weighted by molar-refractivity contribution is -0.384. The molecule has 2 aromatic carbocycles. The van der Waals surface area contributed by atoms with E-state index in [2.05, 4.69) is 5.32 Å². The number of rotatable bonds is 5. The molecule has 0 atom stereocenters. The van der Waals surface area contributed by atoms with Gasteiger partial charge in [0, 0.05) is 31.9 Å². The average molecular weight is 398 g/mol. The zero-order chi connectivity index (χ0) is 19.6. The molecular weight excluding hydrogens is 382 g/mol. The maximum atomic E-state index is 12.5. The van der Waals surface area contributed by atoms with E-state index in [0.717, 1.165) is 10.4 Å². The van der Waals surface area contributed by atoms with E-state index >= 15 is 0 Å². The summed E-state index contributed by atoms with van der Waals surface area (Å²) in [4.78, 5) is 22.7. The number of nitro groups is 1. The van der Waals surface area contributed by atoms with Crippen LogP contribution in [0.4, 0.5) is 11.4 Å². The maximum absolute atomic E-state index is 12.5. The first-order chi connectivity index (χ1) is 12.0. The van der Waals surface area contributed by atoms with Crippen LogP contribution in [0.15, 0.2) is 41.3 Å². The molecule has 0 saturated carbocycles. The summed E-state index contributed by atoms with van der Waals surface area (Å²) < 4.78 is 25.5. The smallest absolute Gasteiger partial charge is 0.270 e. The van der Waals surface area contributed by atoms with Crippen LogP contribution in [0.1, 0.15) is 15.9 Å². The summed E-state index contributed by atoms with van der Waals surface area (Å²) in [5, 5.41) is 13.5. The first-order valence-corrected chi connectivity index (χ1v) is 9.14. The van der Waals surface area contributed by atoms with Gasteiger partial charge in [0.15, 0.2) is 0 Å². The number of nitrogens with one attached hydrogen (secondary N) is 1. The molecule has 2 aromatic rings. The molecule has 8 nitrogen and oxygen atoms in total. The van der Waals surface area contributed by atoms with Gasteiger partial charge in [-0.3, -0.25) is 14.9 Å². The van der Waals surface area contributed by atoms with E-state index in [9.17, 15) is 23.3 Å². The second-order valence-corrected chi connectivity index (χ2v) is 8.20. The van der Waals surface area contributed by atoms with Gasteiger partial charge in [-0.05, 0) is 30.7 Å². The Balaban J connectivity index is 2.41. The minimum Gasteiger partial charge on any atom is -0.322 e. The average Bonchev–Trinajstić information content (AvgIpc) is 2.56. The summed E-state index contributed by atoms with van der Waals surface area (Å²) in [5.41, 5.74) is 0.527. The molecule has 0 heterocycles. The van der Waals surface area contributed by atoms with Crippen LogP contribution in [0, 0.1) is 17.0 Å². The van der Waals surface area contributed by atoms with Crippen LogP contribution in [0.25, 0.3) is 0 Å². The Labute approximate surface area is 155 Å². The van der Waals surface area contributed by atoms with Crippen molar-refractivity contribution in [3.63, 3.8) is 0 Å². The molecule has 10 heteroatoms. The summed E-state index contributed by atoms with van der Waals surface area (Å²) in [6.07, 6.45) is 0. The number of benzene rings is 2. The number of non-ortho nitro benzene ring substituents is 1. The molecule has 0 aliphatic carbocycles. The molecule has 0 unspecified atom stereocenters. The molecule has 2 rings (SSSR count). The Morgan fingerprint density at radius 1 is 1.19 bits per heavy atom. The summed E-state index contributed by atoms with van der Waals surface area (Å²) in [6, 6.07) is 7.83. The second-order valence-electron chi connectivity index (χ2n) is 5.64. The molecule has 0 aliphatic rings. The van der Waals surface area contributed by atoms with Gasteiger partial charge in [0.1, 0.15) is 0 Å². The zero-order valence-corrected chi connectivity index (χ0v) is 15.8. The molecule has 0 aromatic heterocycles. The Kier molecular flexibility index (Phi) is 5.65. The van der Waals surface area contributed by atoms with Crippen LogP contribution in [-0.2, 0) is 10.0 Å². The van der Waals surface area contributed by atoms with Crippen LogP contribution in [0.2, 0.25) is 5.02 Å². The van der Waals surface area contributed by atoms with Crippen molar-refractivity contribution in [3.8, 4) is 0 Å². The van der Waals surface area contributed by atoms with Crippen molar-refractivity contribution in [2.24, 2.45) is 0 Å². The number of sulfonamides is 1. The number of carbonyl (C=O) groups excluding carboxylic acids is 1. The van der Waals surface area contributed by atoms with Gasteiger partial charge in [-0.15, -0.1) is 0 Å². The van der Waals surface area contributed by atoms with Gasteiger partial charge < -0.3 is 5.32 Å². The van der Waals surface area contributed by atoms with E-state index in [0.29, 0.717) is 5.56 Å². The number of carbonyl (C=O) groups is 1. The van der Waals surface area contributed by atoms with Gasteiger partial charge in [-0.1, -0.05) is 17.7 Å². The number of hydrogen-bond acceptors (Lipinski definition) is 5. The standard InChI is InChI=1S/C16H16ClN3O5S/c1-10-4-6-12(26(24,25)19(2)3)9-15(10)18-16(21)13-8-11(20(22)23)5-7-14(13)17/h4-9H,1-3H3,(H,18,21). The fourth-order valence-corrected chi connectivity index (χ4v) is 3.23. The summed E-state index contributed by atoms with van der Waals surface area (Å²) >= 11 is 5.96. The molecule has 26 heavy (non-hydrogen) atoms. The van der Waals surface area contributed by atoms with Gasteiger partial charge in [0.2, 0.25) is 10.0 Å². The summed E-state index contributed by atoms with van der Waals surface area (Å²) in [6.45, 7) is 1.69. The maximum Gasteiger partial charge on any atom is 0.270 e. The minimum atomic E-state index is -3.68. The highest BCUT2D eigenvalue weighted by Crippen LogP contribution is 2.26. The SMILES string of the molecule is Cc1ccc(S(=O)(=O)N(C)C)cc1NC(=O)c1cc([N+](=O)[O-])ccc1Cl. The topological polar surface area (TPSA) is 110 Å². The normalized spacial score (nSPS) is 11.4. The molecule has 0 bridgehead atoms. The third-order valence-electron chi connectivity index (χ3n) is 3.64. The number of anilines is 1. The monoisotopic (exact) mass is 397 g/mol. The van der Waals surface area contributed by atoms with Crippen molar-refractivity contribution >= 4 is 38.9 Å². The number of amides is 1. The number of nitro benzene ring substituents is 1. The lowest BCUT2D eigenvalue weighted by Crippen LogP contribution is -2.22. The quantitative estimate of drug-likeness (QED) is 0.615. The molecule has 0 saturated heterocycles. The number of halogens is 1.